The maximum Gasteiger partial charge on any atom is 0.423 e. The van der Waals surface area contributed by atoms with Crippen LogP contribution in [0.3, 0.4) is 0 Å². The number of carbonyl (C=O) groups is 3. The number of aliphatic hydroxyl groups excluding tert-OH is 1. The van der Waals surface area contributed by atoms with Gasteiger partial charge in [-0.15, -0.1) is 17.9 Å². The minimum Gasteiger partial charge on any atom is -0.614 e. The molecule has 6 rings (SSSR count). The molecule has 3 aliphatic heterocycles. The second-order valence-electron chi connectivity index (χ2n) is 19.1. The Balaban J connectivity index is 1.20. The number of thiophene rings is 1. The van der Waals surface area contributed by atoms with Gasteiger partial charge >= 0.3 is 16.4 Å². The number of hydrogen-bond donors (Lipinski definition) is 4. The molecule has 0 saturated carbocycles. The van der Waals surface area contributed by atoms with Gasteiger partial charge in [-0.3, -0.25) is 23.2 Å². The van der Waals surface area contributed by atoms with E-state index in [4.69, 9.17) is 33.0 Å². The number of imidazole rings is 1. The van der Waals surface area contributed by atoms with E-state index < -0.39 is 111 Å². The van der Waals surface area contributed by atoms with Gasteiger partial charge in [0.05, 0.1) is 31.7 Å². The lowest BCUT2D eigenvalue weighted by molar-refractivity contribution is -0.152. The van der Waals surface area contributed by atoms with E-state index in [1.165, 1.54) is 30.1 Å². The molecule has 3 aliphatic rings. The predicted molar refractivity (Wildman–Crippen MR) is 250 cm³/mol. The third kappa shape index (κ3) is 11.0. The van der Waals surface area contributed by atoms with Crippen LogP contribution >= 0.6 is 11.3 Å². The first-order valence-electron chi connectivity index (χ1n) is 21.1. The van der Waals surface area contributed by atoms with Gasteiger partial charge in [0.2, 0.25) is 11.3 Å². The molecule has 8 atom stereocenters. The molecule has 3 aromatic heterocycles. The molecule has 3 aromatic rings. The van der Waals surface area contributed by atoms with Crippen LogP contribution in [-0.2, 0) is 64.7 Å². The van der Waals surface area contributed by atoms with Crippen LogP contribution in [0.25, 0.3) is 11.2 Å². The van der Waals surface area contributed by atoms with Crippen molar-refractivity contribution in [1.82, 2.24) is 34.5 Å². The van der Waals surface area contributed by atoms with E-state index in [1.807, 2.05) is 18.5 Å². The molecule has 6 heterocycles. The summed E-state index contributed by atoms with van der Waals surface area (Å²) in [5, 5.41) is 13.9. The van der Waals surface area contributed by atoms with Gasteiger partial charge in [-0.25, -0.2) is 19.7 Å². The number of ether oxygens (including phenoxy) is 3. The van der Waals surface area contributed by atoms with Gasteiger partial charge in [-0.1, -0.05) is 53.7 Å². The molecule has 0 radical (unpaired) electrons. The van der Waals surface area contributed by atoms with Crippen LogP contribution in [0.1, 0.15) is 52.6 Å². The Hall–Kier alpha value is -3.81. The van der Waals surface area contributed by atoms with E-state index in [2.05, 4.69) is 81.5 Å². The number of aliphatic hydroxyl groups is 1. The SMILES string of the molecule is C=CCOC(O)C1=C(COC(=O)NS(=O)(=O)OC[C@H]2O[C@@H](n3cnc4c(N)ncnc43)C(O[Si](C)(C)C(C)(C)C)C2O[Si](C)(C)C(C)(C)C)C[S+]([O-])[C@@H]2[C@H](NC(=O)Cc3cccs3)C(=O)N12. The molecule has 3 amide bonds. The molecule has 0 spiro atoms. The minimum absolute atomic E-state index is 0.00849. The second-order valence-corrected chi connectivity index (χ2v) is 32.6. The number of nitrogens with one attached hydrogen (secondary N) is 2. The molecule has 4 unspecified atom stereocenters. The van der Waals surface area contributed by atoms with Crippen molar-refractivity contribution < 1.29 is 59.7 Å². The van der Waals surface area contributed by atoms with Gasteiger partial charge in [-0.05, 0) is 58.9 Å². The van der Waals surface area contributed by atoms with Crippen molar-refractivity contribution in [2.45, 2.75) is 126 Å². The number of hydrogen-bond acceptors (Lipinski definition) is 18. The van der Waals surface area contributed by atoms with E-state index in [0.29, 0.717) is 11.2 Å². The zero-order valence-electron chi connectivity index (χ0n) is 38.6. The van der Waals surface area contributed by atoms with Gasteiger partial charge in [-0.2, -0.15) is 13.1 Å². The van der Waals surface area contributed by atoms with Crippen LogP contribution in [-0.4, -0.2) is 139 Å². The summed E-state index contributed by atoms with van der Waals surface area (Å²) in [6.07, 6.45) is -2.84. The van der Waals surface area contributed by atoms with Crippen LogP contribution in [0.15, 0.2) is 54.1 Å². The van der Waals surface area contributed by atoms with Gasteiger partial charge in [0, 0.05) is 10.5 Å². The Bertz CT molecular complexity index is 2420. The van der Waals surface area contributed by atoms with Crippen molar-refractivity contribution in [3.8, 4) is 0 Å². The highest BCUT2D eigenvalue weighted by molar-refractivity contribution is 7.92. The van der Waals surface area contributed by atoms with Crippen molar-refractivity contribution >= 4 is 84.3 Å². The first-order valence-corrected chi connectivity index (χ1v) is 30.6. The van der Waals surface area contributed by atoms with Crippen LogP contribution in [0, 0.1) is 0 Å². The van der Waals surface area contributed by atoms with Crippen molar-refractivity contribution in [3.05, 3.63) is 59.0 Å². The fraction of sp³-hybridized carbons (Fsp3) is 0.600. The lowest BCUT2D eigenvalue weighted by Gasteiger charge is -2.50. The highest BCUT2D eigenvalue weighted by atomic mass is 32.2. The number of nitrogen functional groups attached to an aromatic ring is 1. The van der Waals surface area contributed by atoms with Gasteiger partial charge in [0.25, 0.3) is 5.91 Å². The Morgan fingerprint density at radius 3 is 2.41 bits per heavy atom. The Labute approximate surface area is 393 Å². The summed E-state index contributed by atoms with van der Waals surface area (Å²) in [6, 6.07) is 2.40. The van der Waals surface area contributed by atoms with E-state index in [1.54, 1.807) is 21.4 Å². The molecular formula is C40H60N8O13S3Si2. The number of rotatable bonds is 18. The average Bonchev–Trinajstić information content (AvgIpc) is 3.96. The van der Waals surface area contributed by atoms with E-state index in [0.717, 1.165) is 9.78 Å². The lowest BCUT2D eigenvalue weighted by atomic mass is 10.0. The Kier molecular flexibility index (Phi) is 15.4. The summed E-state index contributed by atoms with van der Waals surface area (Å²) in [5.74, 6) is -1.30. The predicted octanol–water partition coefficient (Wildman–Crippen LogP) is 3.57. The first-order chi connectivity index (χ1) is 30.7. The van der Waals surface area contributed by atoms with Crippen LogP contribution in [0.4, 0.5) is 10.6 Å². The van der Waals surface area contributed by atoms with Crippen molar-refractivity contribution in [2.24, 2.45) is 0 Å². The molecule has 5 N–H and O–H groups in total. The van der Waals surface area contributed by atoms with E-state index in [-0.39, 0.29) is 45.9 Å². The highest BCUT2D eigenvalue weighted by Crippen LogP contribution is 2.46. The minimum atomic E-state index is -4.91. The number of β-lactam (4-membered cyclic amide) rings is 1. The fourth-order valence-electron chi connectivity index (χ4n) is 6.96. The van der Waals surface area contributed by atoms with Gasteiger partial charge in [0.1, 0.15) is 42.5 Å². The molecule has 0 bridgehead atoms. The molecule has 0 aliphatic carbocycles. The first kappa shape index (κ1) is 51.6. The number of fused-ring (bicyclic) bond motifs is 2. The Morgan fingerprint density at radius 1 is 1.12 bits per heavy atom. The third-order valence-corrected chi connectivity index (χ3v) is 24.8. The molecule has 364 valence electrons. The molecular weight excluding hydrogens is 953 g/mol. The maximum absolute atomic E-state index is 13.6. The lowest BCUT2D eigenvalue weighted by Crippen LogP contribution is -2.75. The number of amides is 3. The highest BCUT2D eigenvalue weighted by Gasteiger charge is 2.61. The van der Waals surface area contributed by atoms with Crippen LogP contribution < -0.4 is 15.8 Å². The summed E-state index contributed by atoms with van der Waals surface area (Å²) in [7, 11) is -10.2. The summed E-state index contributed by atoms with van der Waals surface area (Å²) >= 11 is -0.488. The molecule has 21 nitrogen and oxygen atoms in total. The molecule has 2 fully saturated rings. The zero-order chi connectivity index (χ0) is 48.7. The largest absolute Gasteiger partial charge is 0.614 e. The maximum atomic E-state index is 13.6. The summed E-state index contributed by atoms with van der Waals surface area (Å²) < 4.78 is 80.7. The topological polar surface area (TPSA) is 281 Å². The fourth-order valence-corrected chi connectivity index (χ4v) is 12.6. The monoisotopic (exact) mass is 1010 g/mol. The number of aromatic nitrogens is 4. The van der Waals surface area contributed by atoms with Crippen molar-refractivity contribution in [1.29, 1.82) is 0 Å². The molecule has 66 heavy (non-hydrogen) atoms. The van der Waals surface area contributed by atoms with Gasteiger partial charge in [0.15, 0.2) is 46.7 Å². The summed E-state index contributed by atoms with van der Waals surface area (Å²) in [6.45, 7) is 22.8. The second kappa shape index (κ2) is 19.7. The number of carbonyl (C=O) groups excluding carboxylic acids is 3. The summed E-state index contributed by atoms with van der Waals surface area (Å²) in [5.41, 5.74) is 6.67. The number of anilines is 1. The third-order valence-electron chi connectivity index (χ3n) is 12.5. The van der Waals surface area contributed by atoms with Crippen molar-refractivity contribution in [2.75, 3.05) is 31.3 Å². The Morgan fingerprint density at radius 2 is 1.79 bits per heavy atom. The summed E-state index contributed by atoms with van der Waals surface area (Å²) in [4.78, 5) is 54.1. The van der Waals surface area contributed by atoms with Gasteiger partial charge < -0.3 is 43.8 Å². The normalized spacial score (nSPS) is 24.5. The van der Waals surface area contributed by atoms with Crippen LogP contribution in [0.5, 0.6) is 0 Å². The van der Waals surface area contributed by atoms with Crippen molar-refractivity contribution in [3.63, 3.8) is 0 Å². The molecule has 0 aromatic carbocycles. The molecule has 26 heteroatoms. The zero-order valence-corrected chi connectivity index (χ0v) is 43.1. The standard InChI is InChI=1S/C40H60N8O13S3Si2/c1-12-15-56-37(51)29-23(20-63(53)36-28(34(50)48(29)36)45-26(49)17-24-14-13-16-62-24)18-57-38(52)46-64(54,55)58-19-25-30(60-65(8,9)39(2,3)4)31(61-66(10,11)40(5,6)7)35(59-25)47-22-44-27-32(41)42-21-43-33(27)47/h12-14,16,21-22,25,28,30-31,35-37,51H,1,15,17-20H2,2-11H3,(H,45,49)(H,46,52)(H2,41,42,43)/t25-,28-,30?,31?,35-,36-,37?,63?/m1/s1. The smallest absolute Gasteiger partial charge is 0.423 e. The number of nitrogens with zero attached hydrogens (tertiary/aromatic N) is 5. The number of nitrogens with two attached hydrogens (primary N) is 1. The van der Waals surface area contributed by atoms with E-state index >= 15 is 0 Å². The quantitative estimate of drug-likeness (QED) is 0.0466. The van der Waals surface area contributed by atoms with E-state index in [9.17, 15) is 32.5 Å². The molecule has 2 saturated heterocycles. The average molecular weight is 1010 g/mol. The van der Waals surface area contributed by atoms with Crippen LogP contribution in [0.2, 0.25) is 36.3 Å².